The van der Waals surface area contributed by atoms with Crippen LogP contribution in [0.3, 0.4) is 0 Å². The van der Waals surface area contributed by atoms with Crippen LogP contribution in [0.1, 0.15) is 24.5 Å². The second-order valence-electron chi connectivity index (χ2n) is 6.04. The van der Waals surface area contributed by atoms with Crippen molar-refractivity contribution in [1.29, 1.82) is 0 Å². The van der Waals surface area contributed by atoms with E-state index in [9.17, 15) is 14.3 Å². The molecular formula is C20H25FN2O2. The fourth-order valence-electron chi connectivity index (χ4n) is 2.76. The molecule has 0 spiro atoms. The first-order valence-corrected chi connectivity index (χ1v) is 8.52. The summed E-state index contributed by atoms with van der Waals surface area (Å²) in [5, 5.41) is 15.9. The minimum atomic E-state index is -0.629. The largest absolute Gasteiger partial charge is 0.394 e. The van der Waals surface area contributed by atoms with Crippen LogP contribution in [0.5, 0.6) is 0 Å². The van der Waals surface area contributed by atoms with Gasteiger partial charge in [-0.25, -0.2) is 4.39 Å². The van der Waals surface area contributed by atoms with Gasteiger partial charge < -0.3 is 10.4 Å². The minimum absolute atomic E-state index is 0.0869. The van der Waals surface area contributed by atoms with Gasteiger partial charge in [0, 0.05) is 6.54 Å². The van der Waals surface area contributed by atoms with Gasteiger partial charge in [-0.3, -0.25) is 10.1 Å². The second-order valence-corrected chi connectivity index (χ2v) is 6.04. The van der Waals surface area contributed by atoms with E-state index in [1.165, 1.54) is 12.1 Å². The summed E-state index contributed by atoms with van der Waals surface area (Å²) in [5.74, 6) is -0.401. The van der Waals surface area contributed by atoms with E-state index in [0.717, 1.165) is 11.1 Å². The number of hydrogen-bond acceptors (Lipinski definition) is 3. The summed E-state index contributed by atoms with van der Waals surface area (Å²) in [6.07, 6.45) is 1.31. The van der Waals surface area contributed by atoms with E-state index in [-0.39, 0.29) is 24.9 Å². The van der Waals surface area contributed by atoms with Crippen LogP contribution in [-0.2, 0) is 16.8 Å². The van der Waals surface area contributed by atoms with E-state index in [1.54, 1.807) is 12.1 Å². The van der Waals surface area contributed by atoms with Gasteiger partial charge in [0.2, 0.25) is 5.91 Å². The molecule has 0 radical (unpaired) electrons. The van der Waals surface area contributed by atoms with E-state index < -0.39 is 5.54 Å². The molecule has 134 valence electrons. The van der Waals surface area contributed by atoms with E-state index in [1.807, 2.05) is 37.3 Å². The zero-order valence-electron chi connectivity index (χ0n) is 14.5. The Morgan fingerprint density at radius 2 is 1.80 bits per heavy atom. The molecule has 0 aliphatic heterocycles. The van der Waals surface area contributed by atoms with E-state index in [4.69, 9.17) is 0 Å². The molecule has 25 heavy (non-hydrogen) atoms. The van der Waals surface area contributed by atoms with E-state index >= 15 is 0 Å². The van der Waals surface area contributed by atoms with Crippen molar-refractivity contribution in [2.75, 3.05) is 19.7 Å². The summed E-state index contributed by atoms with van der Waals surface area (Å²) < 4.78 is 12.9. The lowest BCUT2D eigenvalue weighted by Crippen LogP contribution is -2.49. The number of halogens is 1. The van der Waals surface area contributed by atoms with Gasteiger partial charge in [0.05, 0.1) is 18.7 Å². The van der Waals surface area contributed by atoms with Gasteiger partial charge in [0.1, 0.15) is 5.82 Å². The third-order valence-corrected chi connectivity index (χ3v) is 4.44. The van der Waals surface area contributed by atoms with Crippen LogP contribution in [0, 0.1) is 5.82 Å². The molecule has 2 rings (SSSR count). The molecule has 0 aliphatic carbocycles. The fourth-order valence-corrected chi connectivity index (χ4v) is 2.76. The van der Waals surface area contributed by atoms with Gasteiger partial charge in [-0.15, -0.1) is 0 Å². The van der Waals surface area contributed by atoms with E-state index in [0.29, 0.717) is 19.4 Å². The summed E-state index contributed by atoms with van der Waals surface area (Å²) in [6, 6.07) is 15.9. The van der Waals surface area contributed by atoms with Crippen LogP contribution in [0.25, 0.3) is 0 Å². The SMILES string of the molecule is CC[C@](CO)(NCC(=O)NCCc1ccc(F)cc1)c1ccccc1. The maximum absolute atomic E-state index is 12.9. The summed E-state index contributed by atoms with van der Waals surface area (Å²) in [4.78, 5) is 12.1. The monoisotopic (exact) mass is 344 g/mol. The quantitative estimate of drug-likeness (QED) is 0.654. The number of benzene rings is 2. The first-order valence-electron chi connectivity index (χ1n) is 8.52. The fraction of sp³-hybridized carbons (Fsp3) is 0.350. The van der Waals surface area contributed by atoms with Crippen LogP contribution in [0.2, 0.25) is 0 Å². The first-order chi connectivity index (χ1) is 12.1. The van der Waals surface area contributed by atoms with Gasteiger partial charge in [-0.2, -0.15) is 0 Å². The molecule has 1 amide bonds. The van der Waals surface area contributed by atoms with Crippen molar-refractivity contribution in [2.45, 2.75) is 25.3 Å². The summed E-state index contributed by atoms with van der Waals surface area (Å²) in [5.41, 5.74) is 1.30. The number of amides is 1. The van der Waals surface area contributed by atoms with Gasteiger partial charge in [-0.05, 0) is 36.1 Å². The Balaban J connectivity index is 1.84. The normalized spacial score (nSPS) is 13.2. The minimum Gasteiger partial charge on any atom is -0.394 e. The highest BCUT2D eigenvalue weighted by Gasteiger charge is 2.29. The maximum atomic E-state index is 12.9. The Labute approximate surface area is 148 Å². The molecular weight excluding hydrogens is 319 g/mol. The Morgan fingerprint density at radius 1 is 1.12 bits per heavy atom. The number of rotatable bonds is 9. The van der Waals surface area contributed by atoms with Crippen LogP contribution < -0.4 is 10.6 Å². The van der Waals surface area contributed by atoms with Crippen molar-refractivity contribution in [3.8, 4) is 0 Å². The van der Waals surface area contributed by atoms with Gasteiger partial charge in [-0.1, -0.05) is 49.4 Å². The van der Waals surface area contributed by atoms with Crippen molar-refractivity contribution in [3.63, 3.8) is 0 Å². The Kier molecular flexibility index (Phi) is 7.10. The number of aliphatic hydroxyl groups is 1. The molecule has 0 fully saturated rings. The number of hydrogen-bond donors (Lipinski definition) is 3. The molecule has 1 atom stereocenters. The topological polar surface area (TPSA) is 61.4 Å². The predicted molar refractivity (Wildman–Crippen MR) is 96.6 cm³/mol. The zero-order chi connectivity index (χ0) is 18.1. The molecule has 2 aromatic carbocycles. The standard InChI is InChI=1S/C20H25FN2O2/c1-2-20(15-24,17-6-4-3-5-7-17)23-14-19(25)22-13-12-16-8-10-18(21)11-9-16/h3-11,23-24H,2,12-15H2,1H3,(H,22,25)/t20-/m1/s1. The molecule has 0 saturated heterocycles. The summed E-state index contributed by atoms with van der Waals surface area (Å²) in [7, 11) is 0. The predicted octanol–water partition coefficient (Wildman–Crippen LogP) is 2.37. The Morgan fingerprint density at radius 3 is 2.40 bits per heavy atom. The van der Waals surface area contributed by atoms with Crippen molar-refractivity contribution < 1.29 is 14.3 Å². The molecule has 4 nitrogen and oxygen atoms in total. The van der Waals surface area contributed by atoms with Crippen molar-refractivity contribution in [1.82, 2.24) is 10.6 Å². The van der Waals surface area contributed by atoms with Crippen LogP contribution in [0.4, 0.5) is 4.39 Å². The highest BCUT2D eigenvalue weighted by atomic mass is 19.1. The van der Waals surface area contributed by atoms with Crippen molar-refractivity contribution in [3.05, 3.63) is 71.5 Å². The average Bonchev–Trinajstić information content (AvgIpc) is 2.65. The third-order valence-electron chi connectivity index (χ3n) is 4.44. The lowest BCUT2D eigenvalue weighted by atomic mass is 9.88. The molecule has 0 bridgehead atoms. The summed E-state index contributed by atoms with van der Waals surface area (Å²) >= 11 is 0. The molecule has 0 aliphatic rings. The summed E-state index contributed by atoms with van der Waals surface area (Å²) in [6.45, 7) is 2.49. The lowest BCUT2D eigenvalue weighted by Gasteiger charge is -2.32. The van der Waals surface area contributed by atoms with Gasteiger partial charge in [0.15, 0.2) is 0 Å². The number of nitrogens with one attached hydrogen (secondary N) is 2. The highest BCUT2D eigenvalue weighted by molar-refractivity contribution is 5.78. The van der Waals surface area contributed by atoms with Crippen molar-refractivity contribution >= 4 is 5.91 Å². The number of carbonyl (C=O) groups is 1. The molecule has 2 aromatic rings. The van der Waals surface area contributed by atoms with Crippen molar-refractivity contribution in [2.24, 2.45) is 0 Å². The molecule has 0 unspecified atom stereocenters. The van der Waals surface area contributed by atoms with Gasteiger partial charge in [0.25, 0.3) is 0 Å². The van der Waals surface area contributed by atoms with Crippen LogP contribution in [0.15, 0.2) is 54.6 Å². The van der Waals surface area contributed by atoms with Crippen LogP contribution >= 0.6 is 0 Å². The number of aliphatic hydroxyl groups excluding tert-OH is 1. The molecule has 0 heterocycles. The molecule has 3 N–H and O–H groups in total. The number of carbonyl (C=O) groups excluding carboxylic acids is 1. The third kappa shape index (κ3) is 5.37. The Hall–Kier alpha value is -2.24. The Bertz CT molecular complexity index is 655. The highest BCUT2D eigenvalue weighted by Crippen LogP contribution is 2.24. The zero-order valence-corrected chi connectivity index (χ0v) is 14.5. The maximum Gasteiger partial charge on any atom is 0.233 e. The average molecular weight is 344 g/mol. The smallest absolute Gasteiger partial charge is 0.233 e. The molecule has 0 saturated carbocycles. The lowest BCUT2D eigenvalue weighted by molar-refractivity contribution is -0.120. The molecule has 5 heteroatoms. The second kappa shape index (κ2) is 9.30. The van der Waals surface area contributed by atoms with Gasteiger partial charge >= 0.3 is 0 Å². The molecule has 0 aromatic heterocycles. The first kappa shape index (κ1) is 19.1. The van der Waals surface area contributed by atoms with Crippen LogP contribution in [-0.4, -0.2) is 30.7 Å². The van der Waals surface area contributed by atoms with E-state index in [2.05, 4.69) is 10.6 Å².